The first-order valence-corrected chi connectivity index (χ1v) is 6.08. The van der Waals surface area contributed by atoms with Crippen LogP contribution in [0.4, 0.5) is 0 Å². The van der Waals surface area contributed by atoms with Gasteiger partial charge in [-0.2, -0.15) is 0 Å². The van der Waals surface area contributed by atoms with Crippen LogP contribution in [0, 0.1) is 25.7 Å². The van der Waals surface area contributed by atoms with Gasteiger partial charge in [-0.25, -0.2) is 0 Å². The van der Waals surface area contributed by atoms with Crippen molar-refractivity contribution >= 4 is 12.4 Å². The minimum absolute atomic E-state index is 0.233. The molecule has 5 nitrogen and oxygen atoms in total. The highest BCUT2D eigenvalue weighted by Gasteiger charge is 1.98. The van der Waals surface area contributed by atoms with Gasteiger partial charge in [0, 0.05) is 26.5 Å². The summed E-state index contributed by atoms with van der Waals surface area (Å²) in [5.74, 6) is 4.36. The van der Waals surface area contributed by atoms with Crippen LogP contribution in [0.5, 0.6) is 0 Å². The molecule has 112 valence electrons. The second-order valence-corrected chi connectivity index (χ2v) is 4.20. The fraction of sp³-hybridized carbons (Fsp3) is 0.467. The molecule has 0 unspecified atom stereocenters. The summed E-state index contributed by atoms with van der Waals surface area (Å²) in [7, 11) is 3.45. The lowest BCUT2D eigenvalue weighted by Crippen LogP contribution is -2.23. The summed E-state index contributed by atoms with van der Waals surface area (Å²) in [6, 6.07) is 0. The number of likely N-dealkylation sites (N-methyl/N-ethyl adjacent to an activating group) is 1. The molecule has 1 amide bonds. The highest BCUT2D eigenvalue weighted by Crippen LogP contribution is 2.04. The van der Waals surface area contributed by atoms with E-state index in [4.69, 9.17) is 5.11 Å². The topological polar surface area (TPSA) is 62.5 Å². The number of aromatic nitrogens is 1. The van der Waals surface area contributed by atoms with Crippen LogP contribution in [0.25, 0.3) is 0 Å². The molecule has 0 saturated carbocycles. The Kier molecular flexibility index (Phi) is 11.9. The van der Waals surface area contributed by atoms with Crippen molar-refractivity contribution in [3.05, 3.63) is 23.5 Å². The predicted octanol–water partition coefficient (Wildman–Crippen LogP) is 1.83. The second-order valence-electron chi connectivity index (χ2n) is 4.20. The predicted molar refractivity (Wildman–Crippen MR) is 80.3 cm³/mol. The van der Waals surface area contributed by atoms with Crippen molar-refractivity contribution in [3.63, 3.8) is 0 Å². The number of nitrogens with zero attached hydrogens (tertiary/aromatic N) is 2. The molecule has 0 saturated heterocycles. The van der Waals surface area contributed by atoms with E-state index in [0.717, 1.165) is 4.90 Å². The molecule has 0 aromatic carbocycles. The first-order chi connectivity index (χ1) is 9.28. The van der Waals surface area contributed by atoms with Gasteiger partial charge in [-0.1, -0.05) is 0 Å². The van der Waals surface area contributed by atoms with Crippen molar-refractivity contribution in [2.75, 3.05) is 13.6 Å². The SMILES string of the molecule is CC#CC.CN(C=O)CC(=O)O.Cc1cn(C)cc1C. The molecule has 0 bridgehead atoms. The van der Waals surface area contributed by atoms with Crippen molar-refractivity contribution in [2.45, 2.75) is 27.7 Å². The molecule has 0 aliphatic heterocycles. The van der Waals surface area contributed by atoms with Crippen LogP contribution in [0.1, 0.15) is 25.0 Å². The number of amides is 1. The monoisotopic (exact) mass is 280 g/mol. The van der Waals surface area contributed by atoms with E-state index in [-0.39, 0.29) is 6.54 Å². The maximum absolute atomic E-state index is 9.77. The Balaban J connectivity index is 0. The average Bonchev–Trinajstić information content (AvgIpc) is 2.66. The van der Waals surface area contributed by atoms with E-state index in [1.165, 1.54) is 18.2 Å². The summed E-state index contributed by atoms with van der Waals surface area (Å²) in [5, 5.41) is 8.01. The lowest BCUT2D eigenvalue weighted by molar-refractivity contribution is -0.140. The molecule has 0 aliphatic carbocycles. The molecular formula is C15H24N2O3. The molecule has 1 N–H and O–H groups in total. The van der Waals surface area contributed by atoms with Crippen LogP contribution in [-0.4, -0.2) is 40.5 Å². The van der Waals surface area contributed by atoms with Gasteiger partial charge in [-0.15, -0.1) is 11.8 Å². The Bertz CT molecular complexity index is 442. The van der Waals surface area contributed by atoms with Crippen LogP contribution in [-0.2, 0) is 16.6 Å². The van der Waals surface area contributed by atoms with E-state index in [1.54, 1.807) is 0 Å². The summed E-state index contributed by atoms with van der Waals surface area (Å²) in [4.78, 5) is 20.5. The van der Waals surface area contributed by atoms with Crippen molar-refractivity contribution < 1.29 is 14.7 Å². The number of carbonyl (C=O) groups is 2. The molecule has 1 heterocycles. The molecule has 0 atom stereocenters. The van der Waals surface area contributed by atoms with E-state index in [0.29, 0.717) is 6.41 Å². The van der Waals surface area contributed by atoms with Gasteiger partial charge in [0.1, 0.15) is 6.54 Å². The Morgan fingerprint density at radius 1 is 1.30 bits per heavy atom. The standard InChI is InChI=1S/C7H11N.C4H7NO3.C4H6/c1-6-4-8(3)5-7(6)2;1-5(3-6)2-4(7)8;1-3-4-2/h4-5H,1-3H3;3H,2H2,1H3,(H,7,8);1-2H3. The number of aryl methyl sites for hydroxylation is 3. The Morgan fingerprint density at radius 2 is 1.70 bits per heavy atom. The van der Waals surface area contributed by atoms with Crippen LogP contribution < -0.4 is 0 Å². The zero-order valence-electron chi connectivity index (χ0n) is 13.1. The first kappa shape index (κ1) is 20.1. The van der Waals surface area contributed by atoms with E-state index < -0.39 is 5.97 Å². The summed E-state index contributed by atoms with van der Waals surface area (Å²) in [6.07, 6.45) is 4.71. The normalized spacial score (nSPS) is 7.90. The van der Waals surface area contributed by atoms with Gasteiger partial charge in [0.15, 0.2) is 0 Å². The van der Waals surface area contributed by atoms with Crippen molar-refractivity contribution in [1.82, 2.24) is 9.47 Å². The fourth-order valence-corrected chi connectivity index (χ4v) is 1.10. The maximum atomic E-state index is 9.77. The number of carbonyl (C=O) groups excluding carboxylic acids is 1. The molecule has 0 fully saturated rings. The third-order valence-electron chi connectivity index (χ3n) is 2.23. The van der Waals surface area contributed by atoms with Gasteiger partial charge in [-0.3, -0.25) is 9.59 Å². The number of carboxylic acids is 1. The average molecular weight is 280 g/mol. The third-order valence-corrected chi connectivity index (χ3v) is 2.23. The molecule has 5 heteroatoms. The zero-order valence-corrected chi connectivity index (χ0v) is 13.1. The van der Waals surface area contributed by atoms with Gasteiger partial charge in [0.25, 0.3) is 0 Å². The Hall–Kier alpha value is -2.22. The maximum Gasteiger partial charge on any atom is 0.323 e. The Labute approximate surface area is 121 Å². The first-order valence-electron chi connectivity index (χ1n) is 6.08. The van der Waals surface area contributed by atoms with Gasteiger partial charge in [0.05, 0.1) is 0 Å². The summed E-state index contributed by atoms with van der Waals surface area (Å²) in [5.41, 5.74) is 2.74. The minimum atomic E-state index is -1.00. The van der Waals surface area contributed by atoms with E-state index in [9.17, 15) is 9.59 Å². The van der Waals surface area contributed by atoms with E-state index >= 15 is 0 Å². The summed E-state index contributed by atoms with van der Waals surface area (Å²) < 4.78 is 2.07. The van der Waals surface area contributed by atoms with Crippen molar-refractivity contribution in [2.24, 2.45) is 7.05 Å². The highest BCUT2D eigenvalue weighted by molar-refractivity contribution is 5.71. The molecule has 1 rings (SSSR count). The van der Waals surface area contributed by atoms with Crippen molar-refractivity contribution in [1.29, 1.82) is 0 Å². The fourth-order valence-electron chi connectivity index (χ4n) is 1.10. The van der Waals surface area contributed by atoms with E-state index in [1.807, 2.05) is 20.9 Å². The number of aliphatic carboxylic acids is 1. The number of rotatable bonds is 3. The molecule has 1 aromatic rings. The van der Waals surface area contributed by atoms with Crippen LogP contribution in [0.2, 0.25) is 0 Å². The summed E-state index contributed by atoms with van der Waals surface area (Å²) in [6.45, 7) is 7.65. The number of hydrogen-bond donors (Lipinski definition) is 1. The molecular weight excluding hydrogens is 256 g/mol. The largest absolute Gasteiger partial charge is 0.480 e. The lowest BCUT2D eigenvalue weighted by atomic mass is 10.2. The quantitative estimate of drug-likeness (QED) is 0.678. The second kappa shape index (κ2) is 11.8. The smallest absolute Gasteiger partial charge is 0.323 e. The third kappa shape index (κ3) is 12.2. The molecule has 0 spiro atoms. The molecule has 0 radical (unpaired) electrons. The summed E-state index contributed by atoms with van der Waals surface area (Å²) >= 11 is 0. The number of hydrogen-bond acceptors (Lipinski definition) is 2. The van der Waals surface area contributed by atoms with Gasteiger partial charge >= 0.3 is 5.97 Å². The molecule has 1 aromatic heterocycles. The highest BCUT2D eigenvalue weighted by atomic mass is 16.4. The van der Waals surface area contributed by atoms with Crippen LogP contribution in [0.15, 0.2) is 12.4 Å². The molecule has 20 heavy (non-hydrogen) atoms. The van der Waals surface area contributed by atoms with Gasteiger partial charge < -0.3 is 14.6 Å². The van der Waals surface area contributed by atoms with Crippen molar-refractivity contribution in [3.8, 4) is 11.8 Å². The number of carboxylic acid groups (broad SMARTS) is 1. The Morgan fingerprint density at radius 3 is 1.80 bits per heavy atom. The van der Waals surface area contributed by atoms with Gasteiger partial charge in [0.2, 0.25) is 6.41 Å². The van der Waals surface area contributed by atoms with Gasteiger partial charge in [-0.05, 0) is 38.8 Å². The minimum Gasteiger partial charge on any atom is -0.480 e. The van der Waals surface area contributed by atoms with Crippen LogP contribution >= 0.6 is 0 Å². The molecule has 0 aliphatic rings. The zero-order chi connectivity index (χ0) is 16.1. The lowest BCUT2D eigenvalue weighted by Gasteiger charge is -2.03. The van der Waals surface area contributed by atoms with E-state index in [2.05, 4.69) is 42.6 Å². The van der Waals surface area contributed by atoms with Crippen LogP contribution in [0.3, 0.4) is 0 Å².